The molecule has 29 heavy (non-hydrogen) atoms. The van der Waals surface area contributed by atoms with Crippen LogP contribution < -0.4 is 15.1 Å². The van der Waals surface area contributed by atoms with Crippen molar-refractivity contribution in [2.75, 3.05) is 13.2 Å². The number of fused-ring (bicyclic) bond motifs is 1. The molecular formula is C22H18O7. The van der Waals surface area contributed by atoms with E-state index in [-0.39, 0.29) is 12.4 Å². The van der Waals surface area contributed by atoms with Gasteiger partial charge in [-0.1, -0.05) is 6.58 Å². The van der Waals surface area contributed by atoms with Crippen LogP contribution in [-0.2, 0) is 9.53 Å². The molecule has 0 saturated carbocycles. The lowest BCUT2D eigenvalue weighted by Crippen LogP contribution is -2.09. The van der Waals surface area contributed by atoms with Crippen LogP contribution in [-0.4, -0.2) is 25.2 Å². The van der Waals surface area contributed by atoms with Crippen LogP contribution in [0.15, 0.2) is 76.5 Å². The average Bonchev–Trinajstić information content (AvgIpc) is 2.73. The normalized spacial score (nSPS) is 10.3. The highest BCUT2D eigenvalue weighted by Crippen LogP contribution is 2.21. The fourth-order valence-corrected chi connectivity index (χ4v) is 2.44. The van der Waals surface area contributed by atoms with Crippen molar-refractivity contribution in [3.05, 3.63) is 83.2 Å². The smallest absolute Gasteiger partial charge is 0.343 e. The van der Waals surface area contributed by atoms with E-state index in [1.807, 2.05) is 0 Å². The first-order chi connectivity index (χ1) is 14.0. The standard InChI is InChI=1S/C22H18O7/c1-2-20(23)27-13-3-12-26-17-8-5-16(6-9-17)22(25)28-18-10-4-15-7-11-21(24)29-19(15)14-18/h2,4-11,14H,1,3,12-13H2. The van der Waals surface area contributed by atoms with Gasteiger partial charge in [0.15, 0.2) is 0 Å². The van der Waals surface area contributed by atoms with Crippen LogP contribution in [0.5, 0.6) is 11.5 Å². The lowest BCUT2D eigenvalue weighted by Gasteiger charge is -2.08. The Morgan fingerprint density at radius 3 is 2.45 bits per heavy atom. The van der Waals surface area contributed by atoms with Gasteiger partial charge in [-0.05, 0) is 42.5 Å². The van der Waals surface area contributed by atoms with E-state index in [1.54, 1.807) is 42.5 Å². The lowest BCUT2D eigenvalue weighted by atomic mass is 10.2. The molecule has 2 aromatic carbocycles. The van der Waals surface area contributed by atoms with Gasteiger partial charge in [0, 0.05) is 30.0 Å². The molecule has 148 valence electrons. The number of benzene rings is 2. The van der Waals surface area contributed by atoms with E-state index < -0.39 is 17.6 Å². The van der Waals surface area contributed by atoms with Crippen molar-refractivity contribution >= 4 is 22.9 Å². The summed E-state index contributed by atoms with van der Waals surface area (Å²) in [6.45, 7) is 3.91. The van der Waals surface area contributed by atoms with Gasteiger partial charge in [0.2, 0.25) is 0 Å². The highest BCUT2D eigenvalue weighted by atomic mass is 16.5. The molecule has 0 radical (unpaired) electrons. The zero-order chi connectivity index (χ0) is 20.6. The fourth-order valence-electron chi connectivity index (χ4n) is 2.44. The number of ether oxygens (including phenoxy) is 3. The third-order valence-electron chi connectivity index (χ3n) is 3.86. The van der Waals surface area contributed by atoms with Gasteiger partial charge in [0.05, 0.1) is 18.8 Å². The Bertz CT molecular complexity index is 1080. The van der Waals surface area contributed by atoms with E-state index >= 15 is 0 Å². The molecule has 7 nitrogen and oxygen atoms in total. The first kappa shape index (κ1) is 19.9. The zero-order valence-corrected chi connectivity index (χ0v) is 15.5. The summed E-state index contributed by atoms with van der Waals surface area (Å²) >= 11 is 0. The molecular weight excluding hydrogens is 376 g/mol. The third-order valence-corrected chi connectivity index (χ3v) is 3.86. The molecule has 3 aromatic rings. The van der Waals surface area contributed by atoms with E-state index in [9.17, 15) is 14.4 Å². The van der Waals surface area contributed by atoms with Crippen molar-refractivity contribution in [1.29, 1.82) is 0 Å². The number of carbonyl (C=O) groups is 2. The Kier molecular flexibility index (Phi) is 6.42. The van der Waals surface area contributed by atoms with E-state index in [2.05, 4.69) is 6.58 Å². The number of rotatable bonds is 8. The molecule has 0 amide bonds. The molecule has 0 N–H and O–H groups in total. The summed E-state index contributed by atoms with van der Waals surface area (Å²) in [4.78, 5) is 34.5. The topological polar surface area (TPSA) is 92.0 Å². The predicted molar refractivity (Wildman–Crippen MR) is 105 cm³/mol. The molecule has 0 fully saturated rings. The molecule has 0 spiro atoms. The first-order valence-corrected chi connectivity index (χ1v) is 8.83. The molecule has 7 heteroatoms. The first-order valence-electron chi connectivity index (χ1n) is 8.83. The van der Waals surface area contributed by atoms with Crippen molar-refractivity contribution in [1.82, 2.24) is 0 Å². The second-order valence-corrected chi connectivity index (χ2v) is 5.94. The molecule has 0 aliphatic rings. The van der Waals surface area contributed by atoms with E-state index in [4.69, 9.17) is 18.6 Å². The molecule has 0 bridgehead atoms. The summed E-state index contributed by atoms with van der Waals surface area (Å²) in [6, 6.07) is 14.2. The number of hydrogen-bond donors (Lipinski definition) is 0. The van der Waals surface area contributed by atoms with Crippen molar-refractivity contribution in [2.24, 2.45) is 0 Å². The van der Waals surface area contributed by atoms with Crippen LogP contribution in [0.2, 0.25) is 0 Å². The highest BCUT2D eigenvalue weighted by Gasteiger charge is 2.10. The molecule has 0 aliphatic carbocycles. The van der Waals surface area contributed by atoms with Gasteiger partial charge < -0.3 is 18.6 Å². The van der Waals surface area contributed by atoms with Gasteiger partial charge in [-0.2, -0.15) is 0 Å². The highest BCUT2D eigenvalue weighted by molar-refractivity contribution is 5.91. The van der Waals surface area contributed by atoms with Gasteiger partial charge in [0.1, 0.15) is 17.1 Å². The second kappa shape index (κ2) is 9.36. The summed E-state index contributed by atoms with van der Waals surface area (Å²) in [5, 5.41) is 0.727. The van der Waals surface area contributed by atoms with Crippen LogP contribution in [0.1, 0.15) is 16.8 Å². The van der Waals surface area contributed by atoms with Gasteiger partial charge in [-0.25, -0.2) is 14.4 Å². The van der Waals surface area contributed by atoms with E-state index in [0.717, 1.165) is 11.5 Å². The number of hydrogen-bond acceptors (Lipinski definition) is 7. The Labute approximate surface area is 166 Å². The maximum Gasteiger partial charge on any atom is 0.343 e. The van der Waals surface area contributed by atoms with Crippen molar-refractivity contribution in [2.45, 2.75) is 6.42 Å². The maximum absolute atomic E-state index is 12.3. The van der Waals surface area contributed by atoms with Gasteiger partial charge in [0.25, 0.3) is 0 Å². The minimum Gasteiger partial charge on any atom is -0.493 e. The zero-order valence-electron chi connectivity index (χ0n) is 15.5. The Morgan fingerprint density at radius 1 is 0.966 bits per heavy atom. The minimum atomic E-state index is -0.550. The molecule has 3 rings (SSSR count). The fraction of sp³-hybridized carbons (Fsp3) is 0.136. The summed E-state index contributed by atoms with van der Waals surface area (Å²) in [5.74, 6) is -0.178. The summed E-state index contributed by atoms with van der Waals surface area (Å²) < 4.78 is 20.8. The Morgan fingerprint density at radius 2 is 1.69 bits per heavy atom. The molecule has 0 aliphatic heterocycles. The Balaban J connectivity index is 1.54. The SMILES string of the molecule is C=CC(=O)OCCCOc1ccc(C(=O)Oc2ccc3ccc(=O)oc3c2)cc1. The third kappa shape index (κ3) is 5.55. The van der Waals surface area contributed by atoms with Crippen molar-refractivity contribution < 1.29 is 28.2 Å². The van der Waals surface area contributed by atoms with E-state index in [1.165, 1.54) is 12.1 Å². The Hall–Kier alpha value is -3.87. The minimum absolute atomic E-state index is 0.237. The predicted octanol–water partition coefficient (Wildman–Crippen LogP) is 3.51. The summed E-state index contributed by atoms with van der Waals surface area (Å²) in [6.07, 6.45) is 1.63. The molecule has 0 atom stereocenters. The van der Waals surface area contributed by atoms with Gasteiger partial charge in [-0.3, -0.25) is 0 Å². The largest absolute Gasteiger partial charge is 0.493 e. The maximum atomic E-state index is 12.3. The van der Waals surface area contributed by atoms with Gasteiger partial charge >= 0.3 is 17.6 Å². The summed E-state index contributed by atoms with van der Waals surface area (Å²) in [5.41, 5.74) is 0.202. The second-order valence-electron chi connectivity index (χ2n) is 5.94. The molecule has 1 heterocycles. The quantitative estimate of drug-likeness (QED) is 0.190. The number of esters is 2. The summed E-state index contributed by atoms with van der Waals surface area (Å²) in [7, 11) is 0. The van der Waals surface area contributed by atoms with Crippen molar-refractivity contribution in [3.63, 3.8) is 0 Å². The average molecular weight is 394 g/mol. The number of carbonyl (C=O) groups excluding carboxylic acids is 2. The van der Waals surface area contributed by atoms with Crippen LogP contribution in [0.25, 0.3) is 11.0 Å². The van der Waals surface area contributed by atoms with Crippen LogP contribution in [0.4, 0.5) is 0 Å². The van der Waals surface area contributed by atoms with Crippen LogP contribution in [0.3, 0.4) is 0 Å². The van der Waals surface area contributed by atoms with Crippen LogP contribution >= 0.6 is 0 Å². The molecule has 0 unspecified atom stereocenters. The van der Waals surface area contributed by atoms with E-state index in [0.29, 0.717) is 29.9 Å². The molecule has 1 aromatic heterocycles. The monoisotopic (exact) mass is 394 g/mol. The van der Waals surface area contributed by atoms with Crippen LogP contribution in [0, 0.1) is 0 Å². The van der Waals surface area contributed by atoms with Gasteiger partial charge in [-0.15, -0.1) is 0 Å². The lowest BCUT2D eigenvalue weighted by molar-refractivity contribution is -0.137. The molecule has 0 saturated heterocycles. The van der Waals surface area contributed by atoms with Crippen molar-refractivity contribution in [3.8, 4) is 11.5 Å².